The highest BCUT2D eigenvalue weighted by Crippen LogP contribution is 2.36. The summed E-state index contributed by atoms with van der Waals surface area (Å²) >= 11 is 4.12. The van der Waals surface area contributed by atoms with Gasteiger partial charge in [0, 0.05) is 55.0 Å². The predicted octanol–water partition coefficient (Wildman–Crippen LogP) is 2.80. The van der Waals surface area contributed by atoms with Gasteiger partial charge in [0.25, 0.3) is 0 Å². The van der Waals surface area contributed by atoms with Crippen LogP contribution in [0.4, 0.5) is 0 Å². The van der Waals surface area contributed by atoms with E-state index in [4.69, 9.17) is 0 Å². The van der Waals surface area contributed by atoms with Crippen molar-refractivity contribution in [3.05, 3.63) is 0 Å². The highest BCUT2D eigenvalue weighted by atomic mass is 32.2. The smallest absolute Gasteiger partial charge is 0.191 e. The van der Waals surface area contributed by atoms with Crippen molar-refractivity contribution < 1.29 is 0 Å². The van der Waals surface area contributed by atoms with Crippen molar-refractivity contribution in [2.24, 2.45) is 4.99 Å². The molecule has 1 saturated heterocycles. The van der Waals surface area contributed by atoms with E-state index in [-0.39, 0.29) is 0 Å². The Bertz CT molecular complexity index is 417. The van der Waals surface area contributed by atoms with E-state index in [2.05, 4.69) is 38.5 Å². The molecule has 3 fully saturated rings. The summed E-state index contributed by atoms with van der Waals surface area (Å²) in [6.45, 7) is 3.57. The van der Waals surface area contributed by atoms with Crippen LogP contribution in [0, 0.1) is 0 Å². The lowest BCUT2D eigenvalue weighted by Gasteiger charge is -2.43. The van der Waals surface area contributed by atoms with Crippen LogP contribution in [-0.4, -0.2) is 72.1 Å². The van der Waals surface area contributed by atoms with Crippen LogP contribution in [0.15, 0.2) is 4.99 Å². The van der Waals surface area contributed by atoms with E-state index < -0.39 is 0 Å². The molecule has 2 N–H and O–H groups in total. The fraction of sp³-hybridized carbons (Fsp3) is 0.944. The highest BCUT2D eigenvalue weighted by molar-refractivity contribution is 7.99. The lowest BCUT2D eigenvalue weighted by molar-refractivity contribution is 0.107. The molecule has 24 heavy (non-hydrogen) atoms. The standard InChI is InChI=1S/C18H34N4S2/c1-19-17(21-15-5-6-16(13-15)23-2)20-14-18(7-3-4-8-18)22-9-11-24-12-10-22/h15-16H,3-14H2,1-2H3,(H2,19,20,21). The van der Waals surface area contributed by atoms with Crippen LogP contribution in [0.2, 0.25) is 0 Å². The number of hydrogen-bond acceptors (Lipinski definition) is 4. The molecule has 0 amide bonds. The van der Waals surface area contributed by atoms with E-state index >= 15 is 0 Å². The third kappa shape index (κ3) is 4.55. The number of hydrogen-bond donors (Lipinski definition) is 2. The predicted molar refractivity (Wildman–Crippen MR) is 110 cm³/mol. The molecule has 0 bridgehead atoms. The number of nitrogens with one attached hydrogen (secondary N) is 2. The molecule has 1 aliphatic heterocycles. The molecule has 0 aromatic heterocycles. The minimum absolute atomic E-state index is 0.371. The summed E-state index contributed by atoms with van der Waals surface area (Å²) in [6.07, 6.45) is 11.6. The molecule has 138 valence electrons. The molecule has 6 heteroatoms. The minimum atomic E-state index is 0.371. The van der Waals surface area contributed by atoms with Crippen molar-refractivity contribution in [2.75, 3.05) is 44.4 Å². The van der Waals surface area contributed by atoms with Gasteiger partial charge in [-0.3, -0.25) is 9.89 Å². The van der Waals surface area contributed by atoms with E-state index in [1.807, 2.05) is 18.8 Å². The number of aliphatic imine (C=N–C) groups is 1. The Balaban J connectivity index is 1.53. The second-order valence-corrected chi connectivity index (χ2v) is 9.83. The van der Waals surface area contributed by atoms with Gasteiger partial charge in [0.15, 0.2) is 5.96 Å². The largest absolute Gasteiger partial charge is 0.355 e. The summed E-state index contributed by atoms with van der Waals surface area (Å²) in [5, 5.41) is 8.20. The summed E-state index contributed by atoms with van der Waals surface area (Å²) in [7, 11) is 1.91. The van der Waals surface area contributed by atoms with E-state index in [1.54, 1.807) is 0 Å². The third-order valence-electron chi connectivity index (χ3n) is 6.08. The summed E-state index contributed by atoms with van der Waals surface area (Å²) in [6, 6.07) is 0.597. The Kier molecular flexibility index (Phi) is 7.05. The first-order chi connectivity index (χ1) is 11.8. The maximum absolute atomic E-state index is 4.50. The van der Waals surface area contributed by atoms with Crippen molar-refractivity contribution in [3.8, 4) is 0 Å². The summed E-state index contributed by atoms with van der Waals surface area (Å²) in [5.74, 6) is 3.61. The number of guanidine groups is 1. The average molecular weight is 371 g/mol. The van der Waals surface area contributed by atoms with Crippen LogP contribution in [0.5, 0.6) is 0 Å². The van der Waals surface area contributed by atoms with Gasteiger partial charge in [-0.2, -0.15) is 23.5 Å². The van der Waals surface area contributed by atoms with Gasteiger partial charge < -0.3 is 10.6 Å². The van der Waals surface area contributed by atoms with Gasteiger partial charge in [-0.05, 0) is 38.4 Å². The Labute approximate surface area is 156 Å². The Morgan fingerprint density at radius 2 is 2.00 bits per heavy atom. The zero-order valence-electron chi connectivity index (χ0n) is 15.4. The highest BCUT2D eigenvalue weighted by Gasteiger charge is 2.40. The topological polar surface area (TPSA) is 39.7 Å². The fourth-order valence-electron chi connectivity index (χ4n) is 4.60. The molecule has 2 aliphatic carbocycles. The van der Waals surface area contributed by atoms with Crippen LogP contribution in [0.3, 0.4) is 0 Å². The second kappa shape index (κ2) is 9.04. The van der Waals surface area contributed by atoms with Crippen LogP contribution in [0.1, 0.15) is 44.9 Å². The van der Waals surface area contributed by atoms with Crippen LogP contribution in [-0.2, 0) is 0 Å². The molecular formula is C18H34N4S2. The van der Waals surface area contributed by atoms with Crippen molar-refractivity contribution in [1.29, 1.82) is 0 Å². The van der Waals surface area contributed by atoms with Gasteiger partial charge in [0.2, 0.25) is 0 Å². The van der Waals surface area contributed by atoms with Crippen molar-refractivity contribution in [1.82, 2.24) is 15.5 Å². The van der Waals surface area contributed by atoms with Gasteiger partial charge in [-0.15, -0.1) is 0 Å². The average Bonchev–Trinajstić information content (AvgIpc) is 3.29. The number of rotatable bonds is 5. The first-order valence-electron chi connectivity index (χ1n) is 9.58. The molecule has 2 atom stereocenters. The molecule has 0 radical (unpaired) electrons. The molecule has 0 aromatic rings. The quantitative estimate of drug-likeness (QED) is 0.575. The Morgan fingerprint density at radius 3 is 2.62 bits per heavy atom. The first-order valence-corrected chi connectivity index (χ1v) is 12.0. The summed E-state index contributed by atoms with van der Waals surface area (Å²) in [4.78, 5) is 7.28. The molecule has 4 nitrogen and oxygen atoms in total. The first kappa shape index (κ1) is 18.7. The van der Waals surface area contributed by atoms with Gasteiger partial charge in [-0.25, -0.2) is 0 Å². The van der Waals surface area contributed by atoms with E-state index in [0.29, 0.717) is 11.6 Å². The van der Waals surface area contributed by atoms with Crippen LogP contribution in [0.25, 0.3) is 0 Å². The molecule has 2 unspecified atom stereocenters. The van der Waals surface area contributed by atoms with Crippen molar-refractivity contribution >= 4 is 29.5 Å². The van der Waals surface area contributed by atoms with E-state index in [0.717, 1.165) is 17.8 Å². The van der Waals surface area contributed by atoms with Gasteiger partial charge >= 0.3 is 0 Å². The Hall–Kier alpha value is -0.0700. The number of thioether (sulfide) groups is 2. The molecule has 3 rings (SSSR count). The van der Waals surface area contributed by atoms with Crippen molar-refractivity contribution in [2.45, 2.75) is 61.8 Å². The SMILES string of the molecule is CN=C(NCC1(N2CCSCC2)CCCC1)NC1CCC(SC)C1. The molecule has 1 heterocycles. The van der Waals surface area contributed by atoms with Gasteiger partial charge in [0.05, 0.1) is 0 Å². The zero-order chi connectivity index (χ0) is 16.8. The molecule has 0 aromatic carbocycles. The molecule has 3 aliphatic rings. The second-order valence-electron chi connectivity index (χ2n) is 7.47. The minimum Gasteiger partial charge on any atom is -0.355 e. The monoisotopic (exact) mass is 370 g/mol. The lowest BCUT2D eigenvalue weighted by atomic mass is 9.94. The van der Waals surface area contributed by atoms with Gasteiger partial charge in [-0.1, -0.05) is 12.8 Å². The maximum Gasteiger partial charge on any atom is 0.191 e. The molecule has 0 spiro atoms. The Morgan fingerprint density at radius 1 is 1.25 bits per heavy atom. The zero-order valence-corrected chi connectivity index (χ0v) is 17.0. The van der Waals surface area contributed by atoms with Crippen molar-refractivity contribution in [3.63, 3.8) is 0 Å². The van der Waals surface area contributed by atoms with Gasteiger partial charge in [0.1, 0.15) is 0 Å². The normalized spacial score (nSPS) is 31.3. The van der Waals surface area contributed by atoms with E-state index in [9.17, 15) is 0 Å². The molecular weight excluding hydrogens is 336 g/mol. The van der Waals surface area contributed by atoms with E-state index in [1.165, 1.54) is 69.5 Å². The molecule has 2 saturated carbocycles. The van der Waals surface area contributed by atoms with Crippen LogP contribution < -0.4 is 10.6 Å². The number of nitrogens with zero attached hydrogens (tertiary/aromatic N) is 2. The maximum atomic E-state index is 4.50. The summed E-state index contributed by atoms with van der Waals surface area (Å²) in [5.41, 5.74) is 0.371. The van der Waals surface area contributed by atoms with Crippen LogP contribution >= 0.6 is 23.5 Å². The third-order valence-corrected chi connectivity index (χ3v) is 8.12. The summed E-state index contributed by atoms with van der Waals surface area (Å²) < 4.78 is 0. The lowest BCUT2D eigenvalue weighted by Crippen LogP contribution is -2.58. The fourth-order valence-corrected chi connectivity index (χ4v) is 6.30.